The van der Waals surface area contributed by atoms with Crippen LogP contribution in [0, 0.1) is 11.8 Å². The van der Waals surface area contributed by atoms with Crippen LogP contribution in [0.5, 0.6) is 5.75 Å². The quantitative estimate of drug-likeness (QED) is 0.134. The lowest BCUT2D eigenvalue weighted by Crippen LogP contribution is -2.75. The third-order valence-electron chi connectivity index (χ3n) is 12.5. The maximum atomic E-state index is 13.9. The summed E-state index contributed by atoms with van der Waals surface area (Å²) in [6.07, 6.45) is 4.60. The molecule has 4 amide bonds. The monoisotopic (exact) mass is 833 g/mol. The zero-order chi connectivity index (χ0) is 43.1. The van der Waals surface area contributed by atoms with Crippen molar-refractivity contribution in [2.45, 2.75) is 90.3 Å². The average molecular weight is 834 g/mol. The first kappa shape index (κ1) is 41.4. The smallest absolute Gasteiger partial charge is 0.488 e. The second-order valence-corrected chi connectivity index (χ2v) is 16.5. The molecule has 5 aromatic rings. The van der Waals surface area contributed by atoms with E-state index in [1.54, 1.807) is 6.92 Å². The number of amides is 4. The highest BCUT2D eigenvalue weighted by atomic mass is 16.5. The highest BCUT2D eigenvalue weighted by Gasteiger charge is 2.42. The molecule has 2 aromatic heterocycles. The number of hydrogen-bond donors (Lipinski definition) is 4. The minimum Gasteiger partial charge on any atom is -0.488 e. The van der Waals surface area contributed by atoms with Crippen molar-refractivity contribution in [2.75, 3.05) is 27.9 Å². The van der Waals surface area contributed by atoms with Gasteiger partial charge in [0.15, 0.2) is 6.21 Å². The molecule has 3 aliphatic rings. The third kappa shape index (κ3) is 7.80. The molecular weight excluding hydrogens is 781 g/mol. The predicted octanol–water partition coefficient (Wildman–Crippen LogP) is 5.33. The van der Waals surface area contributed by atoms with Crippen LogP contribution in [0.3, 0.4) is 0 Å². The van der Waals surface area contributed by atoms with Crippen molar-refractivity contribution in [3.05, 3.63) is 65.9 Å². The summed E-state index contributed by atoms with van der Waals surface area (Å²) >= 11 is 0. The maximum absolute atomic E-state index is 13.9. The lowest BCUT2D eigenvalue weighted by Gasteiger charge is -2.32. The predicted molar refractivity (Wildman–Crippen MR) is 226 cm³/mol. The van der Waals surface area contributed by atoms with E-state index in [9.17, 15) is 19.2 Å². The Morgan fingerprint density at radius 3 is 2.51 bits per heavy atom. The number of hydrogen-bond acceptors (Lipinski definition) is 10. The van der Waals surface area contributed by atoms with Crippen molar-refractivity contribution in [2.24, 2.45) is 11.8 Å². The van der Waals surface area contributed by atoms with Gasteiger partial charge in [-0.3, -0.25) is 9.59 Å². The van der Waals surface area contributed by atoms with Crippen LogP contribution < -0.4 is 15.0 Å². The Morgan fingerprint density at radius 2 is 1.75 bits per heavy atom. The number of H-pyrrole nitrogens is 2. The fourth-order valence-electron chi connectivity index (χ4n) is 9.04. The summed E-state index contributed by atoms with van der Waals surface area (Å²) in [5.41, 5.74) is 6.54. The maximum Gasteiger partial charge on any atom is 0.594 e. The number of alkyl carbamates (subject to hydrolysis) is 1. The topological polar surface area (TPSA) is 195 Å². The molecule has 6 atom stereocenters. The fraction of sp³-hybridized carbons (Fsp3) is 0.444. The molecule has 5 heterocycles. The van der Waals surface area contributed by atoms with Gasteiger partial charge in [-0.15, -0.1) is 4.99 Å². The van der Waals surface area contributed by atoms with Gasteiger partial charge in [-0.25, -0.2) is 14.8 Å². The number of benzene rings is 3. The van der Waals surface area contributed by atoms with E-state index in [1.165, 1.54) is 27.5 Å². The van der Waals surface area contributed by atoms with Crippen molar-refractivity contribution in [3.63, 3.8) is 0 Å². The molecule has 0 spiro atoms. The normalized spacial score (nSPS) is 20.1. The Labute approximate surface area is 353 Å². The van der Waals surface area contributed by atoms with E-state index in [2.05, 4.69) is 56.7 Å². The van der Waals surface area contributed by atoms with Gasteiger partial charge in [-0.1, -0.05) is 32.0 Å². The van der Waals surface area contributed by atoms with Gasteiger partial charge in [0.25, 0.3) is 0 Å². The summed E-state index contributed by atoms with van der Waals surface area (Å²) in [7, 11) is 4.10. The lowest BCUT2D eigenvalue weighted by atomic mass is 9.92. The molecule has 320 valence electrons. The number of methoxy groups -OCH3 is 3. The number of likely N-dealkylation sites (tertiary alicyclic amines) is 2. The van der Waals surface area contributed by atoms with Crippen LogP contribution in [0.25, 0.3) is 44.2 Å². The highest BCUT2D eigenvalue weighted by Crippen LogP contribution is 2.44. The molecule has 3 aliphatic heterocycles. The average Bonchev–Trinajstić information content (AvgIpc) is 4.10. The number of aromatic nitrogens is 4. The first-order chi connectivity index (χ1) is 29.4. The number of carbonyl (C=O) groups excluding carboxylic acids is 4. The molecule has 0 aliphatic carbocycles. The van der Waals surface area contributed by atoms with Crippen molar-refractivity contribution in [1.82, 2.24) is 35.1 Å². The number of nitrogens with zero attached hydrogens (tertiary/aromatic N) is 4. The summed E-state index contributed by atoms with van der Waals surface area (Å²) in [6, 6.07) is 13.3. The third-order valence-corrected chi connectivity index (χ3v) is 12.5. The van der Waals surface area contributed by atoms with Gasteiger partial charge in [0.05, 0.1) is 55.3 Å². The number of aromatic amines is 2. The van der Waals surface area contributed by atoms with Crippen molar-refractivity contribution in [3.8, 4) is 28.1 Å². The second kappa shape index (κ2) is 17.0. The molecule has 0 radical (unpaired) electrons. The molecule has 61 heavy (non-hydrogen) atoms. The van der Waals surface area contributed by atoms with Gasteiger partial charge in [-0.05, 0) is 91.8 Å². The standard InChI is InChI=1S/C45H52N8O8/c1-23(2)38(51-45(57)60-7)43(55)53-24(3)10-15-36(53)40-46-21-34(49-40)27-11-13-29-28(17-27)22-61-37-19-30-26(18-31(29)37)12-14-33-39(30)50-41(48-33)35-9-8-16-52(35)42(54)32(25(4)58-5)20-47-44(56)59-6/h11-14,17-21,23-25,32,35-36,38H,8-10,15-16,22H2,1-7H3,(H,46,49)(H,48,50)(H,51,57)/p+1/b47-20+/t24-,25+,32-,35-,36-,38-/m0/s1. The molecule has 3 aromatic carbocycles. The number of carbonyl (C=O) groups is 4. The Bertz CT molecular complexity index is 2530. The van der Waals surface area contributed by atoms with Gasteiger partial charge < -0.3 is 44.0 Å². The van der Waals surface area contributed by atoms with Crippen LogP contribution in [0.4, 0.5) is 9.59 Å². The Kier molecular flexibility index (Phi) is 11.5. The van der Waals surface area contributed by atoms with E-state index in [4.69, 9.17) is 28.9 Å². The number of rotatable bonds is 10. The summed E-state index contributed by atoms with van der Waals surface area (Å²) in [5.74, 6) is 0.999. The zero-order valence-electron chi connectivity index (χ0n) is 35.5. The fourth-order valence-corrected chi connectivity index (χ4v) is 9.04. The first-order valence-corrected chi connectivity index (χ1v) is 20.9. The number of fused-ring (bicyclic) bond motifs is 6. The Balaban J connectivity index is 1.04. The van der Waals surface area contributed by atoms with Crippen LogP contribution in [-0.2, 0) is 30.4 Å². The van der Waals surface area contributed by atoms with E-state index in [1.807, 2.05) is 42.8 Å². The van der Waals surface area contributed by atoms with Gasteiger partial charge >= 0.3 is 12.2 Å². The molecule has 2 saturated heterocycles. The molecule has 0 bridgehead atoms. The van der Waals surface area contributed by atoms with Crippen molar-refractivity contribution < 1.29 is 43.1 Å². The Morgan fingerprint density at radius 1 is 0.934 bits per heavy atom. The summed E-state index contributed by atoms with van der Waals surface area (Å²) in [5, 5.41) is 4.67. The van der Waals surface area contributed by atoms with Gasteiger partial charge in [0.2, 0.25) is 11.8 Å². The van der Waals surface area contributed by atoms with E-state index in [0.717, 1.165) is 81.2 Å². The van der Waals surface area contributed by atoms with Crippen LogP contribution in [0.2, 0.25) is 0 Å². The summed E-state index contributed by atoms with van der Waals surface area (Å²) in [6.45, 7) is 8.56. The van der Waals surface area contributed by atoms with Crippen molar-refractivity contribution in [1.29, 1.82) is 0 Å². The van der Waals surface area contributed by atoms with Crippen LogP contribution in [-0.4, -0.2) is 106 Å². The molecule has 0 unspecified atom stereocenters. The summed E-state index contributed by atoms with van der Waals surface area (Å²) < 4.78 is 21.4. The first-order valence-electron chi connectivity index (χ1n) is 20.9. The van der Waals surface area contributed by atoms with Crippen LogP contribution in [0.15, 0.2) is 48.7 Å². The van der Waals surface area contributed by atoms with Gasteiger partial charge in [0, 0.05) is 30.6 Å². The van der Waals surface area contributed by atoms with Crippen LogP contribution >= 0.6 is 0 Å². The molecule has 4 N–H and O–H groups in total. The van der Waals surface area contributed by atoms with Gasteiger partial charge in [-0.2, -0.15) is 4.79 Å². The second-order valence-electron chi connectivity index (χ2n) is 16.5. The number of ether oxygens (including phenoxy) is 4. The molecular formula is C45H53N8O8+. The molecule has 2 fully saturated rings. The number of imidazole rings is 2. The van der Waals surface area contributed by atoms with E-state index in [0.29, 0.717) is 24.8 Å². The lowest BCUT2D eigenvalue weighted by molar-refractivity contribution is -0.364. The molecule has 16 nitrogen and oxygen atoms in total. The molecule has 0 saturated carbocycles. The SMILES string of the molecule is COC(=O)N[C@H](C(=O)N1[C@@H](C)CC[C@H]1c1ncc(-c2ccc3c(c2)COc2cc4c(ccc5[nH]c([C@@H]6CCCN6C(=O)[C@@H](/C=[NH+]/C(=O)OC)[C@@H](C)OC)nc54)cc2-3)[nH]1)C(C)C. The minimum atomic E-state index is -0.722. The van der Waals surface area contributed by atoms with Crippen LogP contribution in [0.1, 0.15) is 82.7 Å². The summed E-state index contributed by atoms with van der Waals surface area (Å²) in [4.78, 5) is 74.8. The van der Waals surface area contributed by atoms with Gasteiger partial charge in [0.1, 0.15) is 36.0 Å². The van der Waals surface area contributed by atoms with E-state index in [-0.39, 0.29) is 35.9 Å². The van der Waals surface area contributed by atoms with Crippen molar-refractivity contribution >= 4 is 52.0 Å². The molecule has 16 heteroatoms. The zero-order valence-corrected chi connectivity index (χ0v) is 35.5. The highest BCUT2D eigenvalue weighted by molar-refractivity contribution is 6.07. The largest absolute Gasteiger partial charge is 0.594 e. The Hall–Kier alpha value is -6.29. The van der Waals surface area contributed by atoms with E-state index < -0.39 is 30.3 Å². The molecule has 8 rings (SSSR count). The van der Waals surface area contributed by atoms with E-state index >= 15 is 0 Å². The number of nitrogens with one attached hydrogen (secondary N) is 4. The minimum absolute atomic E-state index is 0.0186.